The summed E-state index contributed by atoms with van der Waals surface area (Å²) in [4.78, 5) is 17.3. The first-order valence-corrected chi connectivity index (χ1v) is 8.99. The van der Waals surface area contributed by atoms with Crippen LogP contribution in [0.4, 0.5) is 4.39 Å². The highest BCUT2D eigenvalue weighted by molar-refractivity contribution is 5.85. The number of likely N-dealkylation sites (tertiary alicyclic amines) is 2. The molecule has 1 spiro atoms. The first-order chi connectivity index (χ1) is 11.6. The molecule has 0 saturated carbocycles. The Morgan fingerprint density at radius 3 is 2.96 bits per heavy atom. The maximum absolute atomic E-state index is 13.4. The van der Waals surface area contributed by atoms with Crippen LogP contribution in [0.5, 0.6) is 0 Å². The molecule has 2 atom stereocenters. The van der Waals surface area contributed by atoms with Gasteiger partial charge in [0.05, 0.1) is 12.0 Å². The van der Waals surface area contributed by atoms with E-state index in [-0.39, 0.29) is 17.1 Å². The van der Waals surface area contributed by atoms with Gasteiger partial charge in [-0.25, -0.2) is 4.39 Å². The van der Waals surface area contributed by atoms with Crippen LogP contribution in [0.2, 0.25) is 0 Å². The Morgan fingerprint density at radius 2 is 2.17 bits per heavy atom. The van der Waals surface area contributed by atoms with E-state index in [4.69, 9.17) is 4.74 Å². The Labute approximate surface area is 142 Å². The van der Waals surface area contributed by atoms with Gasteiger partial charge in [0.15, 0.2) is 0 Å². The molecule has 3 aliphatic heterocycles. The molecule has 1 aromatic carbocycles. The smallest absolute Gasteiger partial charge is 0.230 e. The molecule has 3 aliphatic rings. The number of hydrogen-bond acceptors (Lipinski definition) is 3. The van der Waals surface area contributed by atoms with E-state index in [1.54, 1.807) is 6.07 Å². The molecule has 0 radical (unpaired) electrons. The van der Waals surface area contributed by atoms with Crippen molar-refractivity contribution in [2.45, 2.75) is 25.8 Å². The van der Waals surface area contributed by atoms with Gasteiger partial charge in [-0.15, -0.1) is 0 Å². The average Bonchev–Trinajstić information content (AvgIpc) is 3.27. The van der Waals surface area contributed by atoms with Crippen LogP contribution in [0, 0.1) is 17.2 Å². The number of carbonyl (C=O) groups excluding carboxylic acids is 1. The average molecular weight is 332 g/mol. The number of nitrogens with zero attached hydrogens (tertiary/aromatic N) is 2. The molecule has 130 valence electrons. The largest absolute Gasteiger partial charge is 0.381 e. The lowest BCUT2D eigenvalue weighted by atomic mass is 9.85. The lowest BCUT2D eigenvalue weighted by Gasteiger charge is -2.25. The standard InChI is InChI=1S/C19H25FN2O2/c20-17-3-1-2-15(10-17)12-22-8-6-19(18(22)23)5-7-21(14-19)11-16-4-9-24-13-16/h1-3,10,16H,4-9,11-14H2/t16-,19+/m1/s1. The molecular formula is C19H25FN2O2. The van der Waals surface area contributed by atoms with Crippen LogP contribution < -0.4 is 0 Å². The van der Waals surface area contributed by atoms with Crippen molar-refractivity contribution in [3.63, 3.8) is 0 Å². The molecule has 4 rings (SSSR count). The van der Waals surface area contributed by atoms with Gasteiger partial charge in [-0.3, -0.25) is 4.79 Å². The zero-order valence-corrected chi connectivity index (χ0v) is 14.0. The quantitative estimate of drug-likeness (QED) is 0.848. The summed E-state index contributed by atoms with van der Waals surface area (Å²) in [5.41, 5.74) is 0.672. The molecule has 0 bridgehead atoms. The van der Waals surface area contributed by atoms with Crippen molar-refractivity contribution in [2.24, 2.45) is 11.3 Å². The van der Waals surface area contributed by atoms with Crippen LogP contribution in [-0.4, -0.2) is 55.1 Å². The molecule has 0 aliphatic carbocycles. The van der Waals surface area contributed by atoms with E-state index in [2.05, 4.69) is 4.90 Å². The third kappa shape index (κ3) is 3.07. The number of ether oxygens (including phenoxy) is 1. The molecule has 0 N–H and O–H groups in total. The van der Waals surface area contributed by atoms with Crippen molar-refractivity contribution < 1.29 is 13.9 Å². The maximum Gasteiger partial charge on any atom is 0.230 e. The van der Waals surface area contributed by atoms with E-state index in [0.717, 1.165) is 64.2 Å². The monoisotopic (exact) mass is 332 g/mol. The van der Waals surface area contributed by atoms with Crippen molar-refractivity contribution in [1.82, 2.24) is 9.80 Å². The minimum Gasteiger partial charge on any atom is -0.381 e. The normalized spacial score (nSPS) is 30.8. The number of halogens is 1. The van der Waals surface area contributed by atoms with Gasteiger partial charge in [-0.05, 0) is 49.4 Å². The summed E-state index contributed by atoms with van der Waals surface area (Å²) in [7, 11) is 0. The first kappa shape index (κ1) is 16.0. The molecule has 3 fully saturated rings. The molecule has 1 amide bonds. The molecule has 24 heavy (non-hydrogen) atoms. The zero-order valence-electron chi connectivity index (χ0n) is 14.0. The minimum absolute atomic E-state index is 0.202. The molecule has 3 saturated heterocycles. The van der Waals surface area contributed by atoms with Crippen LogP contribution in [0.3, 0.4) is 0 Å². The number of rotatable bonds is 4. The van der Waals surface area contributed by atoms with Gasteiger partial charge in [0.1, 0.15) is 5.82 Å². The topological polar surface area (TPSA) is 32.8 Å². The zero-order chi connectivity index (χ0) is 16.6. The lowest BCUT2D eigenvalue weighted by Crippen LogP contribution is -2.37. The second-order valence-electron chi connectivity index (χ2n) is 7.60. The molecular weight excluding hydrogens is 307 g/mol. The van der Waals surface area contributed by atoms with Gasteiger partial charge >= 0.3 is 0 Å². The lowest BCUT2D eigenvalue weighted by molar-refractivity contribution is -0.136. The van der Waals surface area contributed by atoms with E-state index in [1.807, 2.05) is 11.0 Å². The summed E-state index contributed by atoms with van der Waals surface area (Å²) in [6.45, 7) is 5.99. The van der Waals surface area contributed by atoms with E-state index >= 15 is 0 Å². The molecule has 4 nitrogen and oxygen atoms in total. The Morgan fingerprint density at radius 1 is 1.29 bits per heavy atom. The molecule has 5 heteroatoms. The highest BCUT2D eigenvalue weighted by atomic mass is 19.1. The van der Waals surface area contributed by atoms with Gasteiger partial charge < -0.3 is 14.5 Å². The predicted octanol–water partition coefficient (Wildman–Crippen LogP) is 2.29. The van der Waals surface area contributed by atoms with Crippen molar-refractivity contribution in [3.8, 4) is 0 Å². The molecule has 0 aromatic heterocycles. The van der Waals surface area contributed by atoms with E-state index in [1.165, 1.54) is 12.1 Å². The Kier molecular flexibility index (Phi) is 4.31. The Balaban J connectivity index is 1.38. The number of amides is 1. The summed E-state index contributed by atoms with van der Waals surface area (Å²) in [5.74, 6) is 0.650. The van der Waals surface area contributed by atoms with Gasteiger partial charge in [0.2, 0.25) is 5.91 Å². The predicted molar refractivity (Wildman–Crippen MR) is 88.9 cm³/mol. The van der Waals surface area contributed by atoms with Crippen LogP contribution in [-0.2, 0) is 16.1 Å². The maximum atomic E-state index is 13.4. The molecule has 3 heterocycles. The van der Waals surface area contributed by atoms with Crippen LogP contribution in [0.1, 0.15) is 24.8 Å². The number of benzene rings is 1. The van der Waals surface area contributed by atoms with Crippen LogP contribution in [0.15, 0.2) is 24.3 Å². The summed E-state index contributed by atoms with van der Waals surface area (Å²) in [5, 5.41) is 0. The Hall–Kier alpha value is -1.46. The van der Waals surface area contributed by atoms with Gasteiger partial charge in [-0.2, -0.15) is 0 Å². The SMILES string of the molecule is O=C1N(Cc2cccc(F)c2)CC[C@]12CCN(C[C@H]1CCOC1)C2. The summed E-state index contributed by atoms with van der Waals surface area (Å²) in [6.07, 6.45) is 3.03. The van der Waals surface area contributed by atoms with Gasteiger partial charge in [0.25, 0.3) is 0 Å². The molecule has 1 aromatic rings. The van der Waals surface area contributed by atoms with Crippen LogP contribution in [0.25, 0.3) is 0 Å². The second kappa shape index (κ2) is 6.45. The summed E-state index contributed by atoms with van der Waals surface area (Å²) < 4.78 is 18.8. The number of carbonyl (C=O) groups is 1. The number of hydrogen-bond donors (Lipinski definition) is 0. The Bertz CT molecular complexity index is 617. The van der Waals surface area contributed by atoms with Gasteiger partial charge in [0, 0.05) is 32.8 Å². The fraction of sp³-hybridized carbons (Fsp3) is 0.632. The van der Waals surface area contributed by atoms with Gasteiger partial charge in [-0.1, -0.05) is 12.1 Å². The van der Waals surface area contributed by atoms with E-state index < -0.39 is 0 Å². The minimum atomic E-state index is -0.236. The first-order valence-electron chi connectivity index (χ1n) is 8.99. The third-order valence-corrected chi connectivity index (χ3v) is 5.84. The highest BCUT2D eigenvalue weighted by Crippen LogP contribution is 2.41. The summed E-state index contributed by atoms with van der Waals surface area (Å²) in [6, 6.07) is 6.57. The highest BCUT2D eigenvalue weighted by Gasteiger charge is 2.50. The van der Waals surface area contributed by atoms with Crippen molar-refractivity contribution >= 4 is 5.91 Å². The fourth-order valence-electron chi connectivity index (χ4n) is 4.48. The van der Waals surface area contributed by atoms with Crippen molar-refractivity contribution in [2.75, 3.05) is 39.4 Å². The summed E-state index contributed by atoms with van der Waals surface area (Å²) >= 11 is 0. The van der Waals surface area contributed by atoms with Crippen LogP contribution >= 0.6 is 0 Å². The second-order valence-corrected chi connectivity index (χ2v) is 7.60. The van der Waals surface area contributed by atoms with E-state index in [0.29, 0.717) is 12.5 Å². The molecule has 0 unspecified atom stereocenters. The third-order valence-electron chi connectivity index (χ3n) is 5.84. The van der Waals surface area contributed by atoms with Crippen molar-refractivity contribution in [1.29, 1.82) is 0 Å². The van der Waals surface area contributed by atoms with Crippen molar-refractivity contribution in [3.05, 3.63) is 35.6 Å². The van der Waals surface area contributed by atoms with E-state index in [9.17, 15) is 9.18 Å². The fourth-order valence-corrected chi connectivity index (χ4v) is 4.48.